The van der Waals surface area contributed by atoms with E-state index in [0.717, 1.165) is 0 Å². The van der Waals surface area contributed by atoms with Crippen LogP contribution >= 0.6 is 12.6 Å². The minimum atomic E-state index is -1.81. The van der Waals surface area contributed by atoms with Gasteiger partial charge in [0, 0.05) is 4.53 Å². The predicted octanol–water partition coefficient (Wildman–Crippen LogP) is 3.13. The summed E-state index contributed by atoms with van der Waals surface area (Å²) in [6.07, 6.45) is 0. The number of rotatable bonds is 2. The molecule has 0 radical (unpaired) electrons. The van der Waals surface area contributed by atoms with Gasteiger partial charge in [-0.05, 0) is 0 Å². The summed E-state index contributed by atoms with van der Waals surface area (Å²) in [7, 11) is 0. The molecule has 0 atom stereocenters. The Morgan fingerprint density at radius 2 is 1.64 bits per heavy atom. The first-order chi connectivity index (χ1) is 6.54. The van der Waals surface area contributed by atoms with Crippen LogP contribution in [-0.2, 0) is 6.67 Å². The Morgan fingerprint density at radius 3 is 2.07 bits per heavy atom. The van der Waals surface area contributed by atoms with Crippen LogP contribution in [0, 0.1) is 17.5 Å². The number of alkyl halides is 1. The molecular formula is C7H3F5OS. The minimum absolute atomic E-state index is 1.02. The number of thiol groups is 1. The van der Waals surface area contributed by atoms with Gasteiger partial charge >= 0.3 is 0 Å². The highest BCUT2D eigenvalue weighted by atomic mass is 32.1. The van der Waals surface area contributed by atoms with Crippen LogP contribution < -0.4 is 4.94 Å². The fraction of sp³-hybridized carbons (Fsp3) is 0.143. The first kappa shape index (κ1) is 11.1. The van der Waals surface area contributed by atoms with Crippen LogP contribution in [0.5, 0.6) is 5.75 Å². The number of halogens is 5. The summed E-state index contributed by atoms with van der Waals surface area (Å²) in [5.41, 5.74) is -1.05. The van der Waals surface area contributed by atoms with Crippen molar-refractivity contribution in [1.29, 1.82) is 0 Å². The fourth-order valence-corrected chi connectivity index (χ4v) is 1.11. The third kappa shape index (κ3) is 1.52. The molecule has 0 fully saturated rings. The van der Waals surface area contributed by atoms with Crippen molar-refractivity contribution in [3.05, 3.63) is 23.0 Å². The van der Waals surface area contributed by atoms with Gasteiger partial charge in [-0.15, -0.1) is 12.6 Å². The van der Waals surface area contributed by atoms with Crippen LogP contribution in [-0.4, -0.2) is 0 Å². The van der Waals surface area contributed by atoms with Gasteiger partial charge in [0.25, 0.3) is 0 Å². The molecule has 0 bridgehead atoms. The van der Waals surface area contributed by atoms with E-state index in [4.69, 9.17) is 0 Å². The van der Waals surface area contributed by atoms with E-state index in [-0.39, 0.29) is 0 Å². The van der Waals surface area contributed by atoms with Gasteiger partial charge in [0.05, 0.1) is 10.5 Å². The van der Waals surface area contributed by atoms with Crippen molar-refractivity contribution in [3.8, 4) is 5.75 Å². The second-order valence-electron chi connectivity index (χ2n) is 2.31. The molecule has 14 heavy (non-hydrogen) atoms. The van der Waals surface area contributed by atoms with E-state index in [0.29, 0.717) is 0 Å². The quantitative estimate of drug-likeness (QED) is 0.466. The smallest absolute Gasteiger partial charge is 0.219 e. The van der Waals surface area contributed by atoms with Gasteiger partial charge in [0.1, 0.15) is 12.5 Å². The van der Waals surface area contributed by atoms with Gasteiger partial charge < -0.3 is 0 Å². The minimum Gasteiger partial charge on any atom is -0.291 e. The van der Waals surface area contributed by atoms with Crippen molar-refractivity contribution in [3.63, 3.8) is 0 Å². The van der Waals surface area contributed by atoms with Crippen molar-refractivity contribution < 1.29 is 27.0 Å². The van der Waals surface area contributed by atoms with Crippen molar-refractivity contribution in [2.45, 2.75) is 11.6 Å². The number of hydrogen-bond acceptors (Lipinski definition) is 2. The SMILES string of the molecule is FCc1c(F)c(S)c(F)c(F)c1OF. The molecule has 7 heteroatoms. The number of benzene rings is 1. The predicted molar refractivity (Wildman–Crippen MR) is 40.1 cm³/mol. The Labute approximate surface area is 80.8 Å². The lowest BCUT2D eigenvalue weighted by atomic mass is 10.2. The molecule has 78 valence electrons. The van der Waals surface area contributed by atoms with Gasteiger partial charge in [0.15, 0.2) is 5.82 Å². The molecule has 0 unspecified atom stereocenters. The monoisotopic (exact) mass is 230 g/mol. The molecule has 0 aliphatic rings. The molecule has 0 amide bonds. The van der Waals surface area contributed by atoms with Crippen molar-refractivity contribution in [1.82, 2.24) is 0 Å². The van der Waals surface area contributed by atoms with Crippen molar-refractivity contribution >= 4 is 12.6 Å². The maximum Gasteiger partial charge on any atom is 0.219 e. The zero-order valence-electron chi connectivity index (χ0n) is 6.45. The molecule has 1 aromatic carbocycles. The average Bonchev–Trinajstić information content (AvgIpc) is 2.20. The summed E-state index contributed by atoms with van der Waals surface area (Å²) in [5, 5.41) is 0. The third-order valence-corrected chi connectivity index (χ3v) is 1.95. The van der Waals surface area contributed by atoms with Gasteiger partial charge in [-0.3, -0.25) is 4.94 Å². The van der Waals surface area contributed by atoms with Crippen molar-refractivity contribution in [2.24, 2.45) is 0 Å². The molecule has 1 nitrogen and oxygen atoms in total. The topological polar surface area (TPSA) is 9.23 Å². The summed E-state index contributed by atoms with van der Waals surface area (Å²) in [6.45, 7) is -1.53. The van der Waals surface area contributed by atoms with Gasteiger partial charge in [-0.2, -0.15) is 4.39 Å². The highest BCUT2D eigenvalue weighted by Gasteiger charge is 2.25. The largest absolute Gasteiger partial charge is 0.291 e. The Balaban J connectivity index is 3.57. The van der Waals surface area contributed by atoms with Gasteiger partial charge in [-0.25, -0.2) is 13.2 Å². The van der Waals surface area contributed by atoms with E-state index < -0.39 is 40.3 Å². The molecule has 0 saturated carbocycles. The first-order valence-corrected chi connectivity index (χ1v) is 3.72. The zero-order chi connectivity index (χ0) is 10.9. The van der Waals surface area contributed by atoms with Gasteiger partial charge in [-0.1, -0.05) is 0 Å². The lowest BCUT2D eigenvalue weighted by molar-refractivity contribution is -0.0140. The Kier molecular flexibility index (Phi) is 3.20. The molecule has 0 heterocycles. The average molecular weight is 230 g/mol. The Morgan fingerprint density at radius 1 is 1.07 bits per heavy atom. The molecule has 0 spiro atoms. The normalized spacial score (nSPS) is 10.4. The maximum atomic E-state index is 12.9. The lowest BCUT2D eigenvalue weighted by Gasteiger charge is -2.07. The summed E-state index contributed by atoms with van der Waals surface area (Å²) >= 11 is 3.26. The third-order valence-electron chi connectivity index (χ3n) is 1.56. The standard InChI is InChI=1S/C7H3F5OS/c8-1-2-3(9)7(14)5(11)4(10)6(2)13-12/h14H,1H2. The van der Waals surface area contributed by atoms with E-state index in [1.165, 1.54) is 0 Å². The molecule has 0 aliphatic carbocycles. The molecule has 1 aromatic rings. The molecule has 0 aromatic heterocycles. The van der Waals surface area contributed by atoms with E-state index in [2.05, 4.69) is 17.6 Å². The molecule has 1 rings (SSSR count). The summed E-state index contributed by atoms with van der Waals surface area (Å²) < 4.78 is 62.2. The van der Waals surface area contributed by atoms with Crippen LogP contribution in [0.2, 0.25) is 0 Å². The van der Waals surface area contributed by atoms with E-state index >= 15 is 0 Å². The molecule has 0 saturated heterocycles. The highest BCUT2D eigenvalue weighted by molar-refractivity contribution is 7.80. The number of hydrogen-bond donors (Lipinski definition) is 1. The maximum absolute atomic E-state index is 12.9. The Bertz CT molecular complexity index is 333. The highest BCUT2D eigenvalue weighted by Crippen LogP contribution is 2.33. The van der Waals surface area contributed by atoms with Gasteiger partial charge in [0.2, 0.25) is 11.6 Å². The fourth-order valence-electron chi connectivity index (χ4n) is 0.875. The van der Waals surface area contributed by atoms with Crippen LogP contribution in [0.25, 0.3) is 0 Å². The second kappa shape index (κ2) is 4.04. The summed E-state index contributed by atoms with van der Waals surface area (Å²) in [6, 6.07) is 0. The summed E-state index contributed by atoms with van der Waals surface area (Å²) in [4.78, 5) is 1.84. The van der Waals surface area contributed by atoms with Crippen LogP contribution in [0.15, 0.2) is 4.90 Å². The van der Waals surface area contributed by atoms with Crippen LogP contribution in [0.3, 0.4) is 0 Å². The van der Waals surface area contributed by atoms with E-state index in [9.17, 15) is 22.1 Å². The molecule has 0 N–H and O–H groups in total. The molecule has 0 aliphatic heterocycles. The first-order valence-electron chi connectivity index (χ1n) is 3.27. The second-order valence-corrected chi connectivity index (χ2v) is 2.76. The van der Waals surface area contributed by atoms with E-state index in [1.54, 1.807) is 0 Å². The van der Waals surface area contributed by atoms with Crippen molar-refractivity contribution in [2.75, 3.05) is 0 Å². The molecular weight excluding hydrogens is 227 g/mol. The van der Waals surface area contributed by atoms with Crippen LogP contribution in [0.4, 0.5) is 22.1 Å². The lowest BCUT2D eigenvalue weighted by Crippen LogP contribution is -2.01. The van der Waals surface area contributed by atoms with E-state index in [1.807, 2.05) is 0 Å². The zero-order valence-corrected chi connectivity index (χ0v) is 7.35. The summed E-state index contributed by atoms with van der Waals surface area (Å²) in [5.74, 6) is -6.45. The Hall–Kier alpha value is -0.980. The van der Waals surface area contributed by atoms with Crippen LogP contribution in [0.1, 0.15) is 5.56 Å².